The van der Waals surface area contributed by atoms with Crippen LogP contribution in [0.2, 0.25) is 0 Å². The number of carbonyl (C=O) groups is 2. The highest BCUT2D eigenvalue weighted by molar-refractivity contribution is 5.98. The molecule has 0 aromatic heterocycles. The summed E-state index contributed by atoms with van der Waals surface area (Å²) in [5.74, 6) is 1.55. The lowest BCUT2D eigenvalue weighted by atomic mass is 10.0. The molecule has 2 aromatic rings. The Morgan fingerprint density at radius 3 is 2.22 bits per heavy atom. The van der Waals surface area contributed by atoms with Crippen LogP contribution in [0.25, 0.3) is 0 Å². The minimum Gasteiger partial charge on any atom is -0.493 e. The summed E-state index contributed by atoms with van der Waals surface area (Å²) < 4.78 is 26.6. The van der Waals surface area contributed by atoms with Gasteiger partial charge in [0.25, 0.3) is 5.91 Å². The summed E-state index contributed by atoms with van der Waals surface area (Å²) in [5.41, 5.74) is 1.15. The number of hydrogen-bond acceptors (Lipinski definition) is 7. The molecule has 3 rings (SSSR count). The molecule has 2 amide bonds. The topological polar surface area (TPSA) is 104 Å². The number of benzene rings is 2. The second-order valence-corrected chi connectivity index (χ2v) is 7.51. The predicted molar refractivity (Wildman–Crippen MR) is 117 cm³/mol. The van der Waals surface area contributed by atoms with Crippen LogP contribution in [0, 0.1) is 5.92 Å². The van der Waals surface area contributed by atoms with Crippen molar-refractivity contribution in [1.82, 2.24) is 10.6 Å². The van der Waals surface area contributed by atoms with Crippen molar-refractivity contribution in [3.8, 4) is 28.7 Å². The van der Waals surface area contributed by atoms with E-state index in [4.69, 9.17) is 23.7 Å². The molecule has 1 aliphatic rings. The van der Waals surface area contributed by atoms with Crippen molar-refractivity contribution in [3.63, 3.8) is 0 Å². The van der Waals surface area contributed by atoms with Crippen molar-refractivity contribution in [1.29, 1.82) is 0 Å². The van der Waals surface area contributed by atoms with E-state index in [1.807, 2.05) is 26.0 Å². The molecule has 9 heteroatoms. The summed E-state index contributed by atoms with van der Waals surface area (Å²) in [6, 6.07) is 7.82. The smallest absolute Gasteiger partial charge is 0.252 e. The number of methoxy groups -OCH3 is 3. The molecule has 0 aliphatic carbocycles. The molecular formula is C23H28N2O7. The lowest BCUT2D eigenvalue weighted by Gasteiger charge is -2.22. The number of amides is 2. The standard InChI is InChI=1S/C23H28N2O7/c1-13(2)20(23(27)24-11-14-6-7-16-17(8-14)32-12-31-16)25-22(26)15-9-18(28-3)21(30-5)19(10-15)29-4/h6-10,13,20H,11-12H2,1-5H3,(H,24,27)(H,25,26)/t20-/m0/s1. The van der Waals surface area contributed by atoms with Gasteiger partial charge in [0, 0.05) is 12.1 Å². The van der Waals surface area contributed by atoms with E-state index < -0.39 is 11.9 Å². The third-order valence-corrected chi connectivity index (χ3v) is 5.07. The van der Waals surface area contributed by atoms with Crippen LogP contribution < -0.4 is 34.3 Å². The summed E-state index contributed by atoms with van der Waals surface area (Å²) in [7, 11) is 4.43. The summed E-state index contributed by atoms with van der Waals surface area (Å²) in [4.78, 5) is 25.8. The van der Waals surface area contributed by atoms with Crippen LogP contribution in [0.1, 0.15) is 29.8 Å². The molecule has 0 saturated carbocycles. The molecule has 1 aliphatic heterocycles. The second kappa shape index (κ2) is 10.1. The highest BCUT2D eigenvalue weighted by Crippen LogP contribution is 2.38. The van der Waals surface area contributed by atoms with Crippen LogP contribution in [0.3, 0.4) is 0 Å². The maximum Gasteiger partial charge on any atom is 0.252 e. The van der Waals surface area contributed by atoms with Gasteiger partial charge in [-0.3, -0.25) is 9.59 Å². The van der Waals surface area contributed by atoms with Gasteiger partial charge in [-0.25, -0.2) is 0 Å². The first-order chi connectivity index (χ1) is 15.4. The van der Waals surface area contributed by atoms with Crippen molar-refractivity contribution >= 4 is 11.8 Å². The van der Waals surface area contributed by atoms with Gasteiger partial charge in [-0.15, -0.1) is 0 Å². The van der Waals surface area contributed by atoms with Crippen LogP contribution in [0.15, 0.2) is 30.3 Å². The first-order valence-electron chi connectivity index (χ1n) is 10.1. The van der Waals surface area contributed by atoms with Gasteiger partial charge < -0.3 is 34.3 Å². The molecule has 0 spiro atoms. The quantitative estimate of drug-likeness (QED) is 0.612. The predicted octanol–water partition coefficient (Wildman–Crippen LogP) is 2.51. The summed E-state index contributed by atoms with van der Waals surface area (Å²) in [6.45, 7) is 4.20. The molecule has 172 valence electrons. The van der Waals surface area contributed by atoms with Gasteiger partial charge in [0.2, 0.25) is 18.4 Å². The zero-order chi connectivity index (χ0) is 23.3. The Morgan fingerprint density at radius 2 is 1.62 bits per heavy atom. The van der Waals surface area contributed by atoms with Gasteiger partial charge in [0.05, 0.1) is 21.3 Å². The minimum atomic E-state index is -0.740. The zero-order valence-electron chi connectivity index (χ0n) is 18.8. The number of rotatable bonds is 9. The van der Waals surface area contributed by atoms with E-state index in [2.05, 4.69) is 10.6 Å². The van der Waals surface area contributed by atoms with Crippen LogP contribution in [0.5, 0.6) is 28.7 Å². The average molecular weight is 444 g/mol. The van der Waals surface area contributed by atoms with Gasteiger partial charge in [-0.05, 0) is 35.7 Å². The Morgan fingerprint density at radius 1 is 0.969 bits per heavy atom. The molecule has 0 fully saturated rings. The first kappa shape index (κ1) is 23.1. The lowest BCUT2D eigenvalue weighted by Crippen LogP contribution is -2.49. The van der Waals surface area contributed by atoms with Crippen molar-refractivity contribution in [2.75, 3.05) is 28.1 Å². The van der Waals surface area contributed by atoms with E-state index in [-0.39, 0.29) is 24.2 Å². The van der Waals surface area contributed by atoms with Crippen molar-refractivity contribution in [3.05, 3.63) is 41.5 Å². The Kier molecular flexibility index (Phi) is 7.29. The van der Waals surface area contributed by atoms with Crippen molar-refractivity contribution in [2.45, 2.75) is 26.4 Å². The number of fused-ring (bicyclic) bond motifs is 1. The van der Waals surface area contributed by atoms with E-state index in [1.54, 1.807) is 18.2 Å². The Hall–Kier alpha value is -3.62. The maximum atomic E-state index is 12.9. The number of carbonyl (C=O) groups excluding carboxylic acids is 2. The van der Waals surface area contributed by atoms with Crippen LogP contribution in [0.4, 0.5) is 0 Å². The fourth-order valence-corrected chi connectivity index (χ4v) is 3.32. The van der Waals surface area contributed by atoms with E-state index in [0.29, 0.717) is 35.3 Å². The van der Waals surface area contributed by atoms with Crippen LogP contribution in [-0.2, 0) is 11.3 Å². The summed E-state index contributed by atoms with van der Waals surface area (Å²) in [6.07, 6.45) is 0. The molecule has 1 heterocycles. The molecule has 2 N–H and O–H groups in total. The van der Waals surface area contributed by atoms with Gasteiger partial charge >= 0.3 is 0 Å². The SMILES string of the molecule is COc1cc(C(=O)N[C@H](C(=O)NCc2ccc3c(c2)OCO3)C(C)C)cc(OC)c1OC. The third-order valence-electron chi connectivity index (χ3n) is 5.07. The molecule has 32 heavy (non-hydrogen) atoms. The van der Waals surface area contributed by atoms with Crippen molar-refractivity contribution < 1.29 is 33.3 Å². The molecule has 9 nitrogen and oxygen atoms in total. The fourth-order valence-electron chi connectivity index (χ4n) is 3.32. The average Bonchev–Trinajstić information content (AvgIpc) is 3.27. The highest BCUT2D eigenvalue weighted by atomic mass is 16.7. The minimum absolute atomic E-state index is 0.141. The number of ether oxygens (including phenoxy) is 5. The monoisotopic (exact) mass is 444 g/mol. The highest BCUT2D eigenvalue weighted by Gasteiger charge is 2.26. The molecule has 0 saturated heterocycles. The molecule has 2 aromatic carbocycles. The third kappa shape index (κ3) is 4.99. The number of nitrogens with one attached hydrogen (secondary N) is 2. The lowest BCUT2D eigenvalue weighted by molar-refractivity contribution is -0.124. The Bertz CT molecular complexity index is 965. The van der Waals surface area contributed by atoms with Gasteiger partial charge in [0.1, 0.15) is 6.04 Å². The largest absolute Gasteiger partial charge is 0.493 e. The fraction of sp³-hybridized carbons (Fsp3) is 0.391. The summed E-state index contributed by atoms with van der Waals surface area (Å²) in [5, 5.41) is 5.68. The van der Waals surface area contributed by atoms with Crippen LogP contribution >= 0.6 is 0 Å². The number of hydrogen-bond donors (Lipinski definition) is 2. The zero-order valence-corrected chi connectivity index (χ0v) is 18.8. The molecule has 0 bridgehead atoms. The maximum absolute atomic E-state index is 12.9. The molecule has 0 radical (unpaired) electrons. The van der Waals surface area contributed by atoms with E-state index in [0.717, 1.165) is 5.56 Å². The van der Waals surface area contributed by atoms with Gasteiger partial charge in [-0.1, -0.05) is 19.9 Å². The molecule has 0 unspecified atom stereocenters. The van der Waals surface area contributed by atoms with Gasteiger partial charge in [-0.2, -0.15) is 0 Å². The summed E-state index contributed by atoms with van der Waals surface area (Å²) >= 11 is 0. The molecule has 1 atom stereocenters. The van der Waals surface area contributed by atoms with E-state index in [9.17, 15) is 9.59 Å². The first-order valence-corrected chi connectivity index (χ1v) is 10.1. The van der Waals surface area contributed by atoms with Crippen LogP contribution in [-0.4, -0.2) is 46.0 Å². The van der Waals surface area contributed by atoms with E-state index >= 15 is 0 Å². The Balaban J connectivity index is 1.70. The van der Waals surface area contributed by atoms with Crippen molar-refractivity contribution in [2.24, 2.45) is 5.92 Å². The second-order valence-electron chi connectivity index (χ2n) is 7.51. The molecular weight excluding hydrogens is 416 g/mol. The van der Waals surface area contributed by atoms with Gasteiger partial charge in [0.15, 0.2) is 23.0 Å². The normalized spacial score (nSPS) is 12.8. The van der Waals surface area contributed by atoms with E-state index in [1.165, 1.54) is 21.3 Å². The Labute approximate surface area is 186 Å².